The van der Waals surface area contributed by atoms with Crippen LogP contribution in [0.1, 0.15) is 26.7 Å². The zero-order valence-corrected chi connectivity index (χ0v) is 14.9. The van der Waals surface area contributed by atoms with Crippen molar-refractivity contribution in [3.63, 3.8) is 0 Å². The van der Waals surface area contributed by atoms with Gasteiger partial charge in [-0.25, -0.2) is 12.7 Å². The Morgan fingerprint density at radius 3 is 2.09 bits per heavy atom. The van der Waals surface area contributed by atoms with Crippen LogP contribution >= 0.6 is 0 Å². The average molecular weight is 346 g/mol. The van der Waals surface area contributed by atoms with Gasteiger partial charge in [-0.3, -0.25) is 4.79 Å². The van der Waals surface area contributed by atoms with Gasteiger partial charge in [-0.05, 0) is 26.7 Å². The van der Waals surface area contributed by atoms with E-state index in [4.69, 9.17) is 9.47 Å². The monoisotopic (exact) mass is 346 g/mol. The van der Waals surface area contributed by atoms with Crippen molar-refractivity contribution in [1.29, 1.82) is 0 Å². The Kier molecular flexibility index (Phi) is 4.23. The molecule has 0 aliphatic carbocycles. The molecule has 0 saturated carbocycles. The first-order chi connectivity index (χ1) is 10.6. The van der Waals surface area contributed by atoms with Gasteiger partial charge in [-0.15, -0.1) is 0 Å². The molecule has 0 unspecified atom stereocenters. The van der Waals surface area contributed by atoms with Crippen molar-refractivity contribution in [3.05, 3.63) is 0 Å². The van der Waals surface area contributed by atoms with E-state index < -0.39 is 15.8 Å². The van der Waals surface area contributed by atoms with Crippen LogP contribution < -0.4 is 0 Å². The molecule has 23 heavy (non-hydrogen) atoms. The summed E-state index contributed by atoms with van der Waals surface area (Å²) in [5.74, 6) is -0.449. The molecule has 7 nitrogen and oxygen atoms in total. The maximum Gasteiger partial charge on any atom is 0.225 e. The predicted octanol–water partition coefficient (Wildman–Crippen LogP) is 0.270. The van der Waals surface area contributed by atoms with Crippen molar-refractivity contribution in [2.24, 2.45) is 11.3 Å². The van der Waals surface area contributed by atoms with Crippen LogP contribution in [0.25, 0.3) is 0 Å². The molecule has 3 aliphatic rings. The van der Waals surface area contributed by atoms with Crippen molar-refractivity contribution in [2.45, 2.75) is 32.5 Å². The second kappa shape index (κ2) is 5.68. The molecule has 3 aliphatic heterocycles. The summed E-state index contributed by atoms with van der Waals surface area (Å²) < 4.78 is 35.9. The number of piperidine rings is 1. The lowest BCUT2D eigenvalue weighted by atomic mass is 9.79. The number of hydrogen-bond donors (Lipinski definition) is 0. The number of nitrogens with zero attached hydrogens (tertiary/aromatic N) is 2. The summed E-state index contributed by atoms with van der Waals surface area (Å²) >= 11 is 0. The minimum Gasteiger partial charge on any atom is -0.350 e. The largest absolute Gasteiger partial charge is 0.350 e. The number of hydrogen-bond acceptors (Lipinski definition) is 5. The molecule has 3 heterocycles. The van der Waals surface area contributed by atoms with E-state index in [-0.39, 0.29) is 17.2 Å². The molecule has 0 radical (unpaired) electrons. The van der Waals surface area contributed by atoms with Crippen LogP contribution in [0, 0.1) is 11.3 Å². The first-order valence-electron chi connectivity index (χ1n) is 8.12. The summed E-state index contributed by atoms with van der Waals surface area (Å²) in [6.45, 7) is 7.27. The maximum atomic E-state index is 12.6. The molecule has 0 N–H and O–H groups in total. The van der Waals surface area contributed by atoms with Gasteiger partial charge in [0.15, 0.2) is 5.79 Å². The molecular formula is C15H26N2O5S. The van der Waals surface area contributed by atoms with Gasteiger partial charge in [0.25, 0.3) is 0 Å². The second-order valence-electron chi connectivity index (χ2n) is 7.61. The van der Waals surface area contributed by atoms with Crippen LogP contribution in [0.15, 0.2) is 0 Å². The third kappa shape index (κ3) is 3.55. The molecule has 3 saturated heterocycles. The Bertz CT molecular complexity index is 563. The Morgan fingerprint density at radius 1 is 1.09 bits per heavy atom. The SMILES string of the molecule is CC1(C)OCC2(CO1)CN(C(=O)C1CCN(S(C)(=O)=O)CC1)C2. The Morgan fingerprint density at radius 2 is 1.61 bits per heavy atom. The number of amides is 1. The van der Waals surface area contributed by atoms with Crippen LogP contribution in [0.5, 0.6) is 0 Å². The fourth-order valence-electron chi connectivity index (χ4n) is 3.53. The van der Waals surface area contributed by atoms with Crippen LogP contribution in [0.2, 0.25) is 0 Å². The van der Waals surface area contributed by atoms with Gasteiger partial charge in [-0.1, -0.05) is 0 Å². The van der Waals surface area contributed by atoms with Gasteiger partial charge >= 0.3 is 0 Å². The molecular weight excluding hydrogens is 320 g/mol. The molecule has 1 amide bonds. The summed E-state index contributed by atoms with van der Waals surface area (Å²) in [6, 6.07) is 0. The molecule has 1 spiro atoms. The molecule has 8 heteroatoms. The molecule has 132 valence electrons. The van der Waals surface area contributed by atoms with Gasteiger partial charge in [0.2, 0.25) is 15.9 Å². The predicted molar refractivity (Wildman–Crippen MR) is 84.1 cm³/mol. The third-order valence-corrected chi connectivity index (χ3v) is 6.39. The molecule has 0 aromatic carbocycles. The minimum absolute atomic E-state index is 0.0569. The number of sulfonamides is 1. The standard InChI is InChI=1S/C15H26N2O5S/c1-14(2)21-10-15(11-22-14)8-16(9-15)13(18)12-4-6-17(7-5-12)23(3,19)20/h12H,4-11H2,1-3H3. The van der Waals surface area contributed by atoms with E-state index >= 15 is 0 Å². The first kappa shape index (κ1) is 17.1. The number of likely N-dealkylation sites (tertiary alicyclic amines) is 1. The van der Waals surface area contributed by atoms with Crippen molar-refractivity contribution < 1.29 is 22.7 Å². The highest BCUT2D eigenvalue weighted by Crippen LogP contribution is 2.38. The number of rotatable bonds is 2. The van der Waals surface area contributed by atoms with Gasteiger partial charge in [0, 0.05) is 32.1 Å². The topological polar surface area (TPSA) is 76.2 Å². The van der Waals surface area contributed by atoms with Crippen LogP contribution in [-0.4, -0.2) is 75.0 Å². The van der Waals surface area contributed by atoms with Crippen LogP contribution in [0.3, 0.4) is 0 Å². The summed E-state index contributed by atoms with van der Waals surface area (Å²) in [6.07, 6.45) is 2.43. The summed E-state index contributed by atoms with van der Waals surface area (Å²) in [5.41, 5.74) is -0.0569. The summed E-state index contributed by atoms with van der Waals surface area (Å²) in [5, 5.41) is 0. The van der Waals surface area contributed by atoms with Crippen molar-refractivity contribution >= 4 is 15.9 Å². The molecule has 3 rings (SSSR count). The molecule has 0 bridgehead atoms. The number of ether oxygens (including phenoxy) is 2. The smallest absolute Gasteiger partial charge is 0.225 e. The summed E-state index contributed by atoms with van der Waals surface area (Å²) in [4.78, 5) is 14.4. The van der Waals surface area contributed by atoms with E-state index in [1.807, 2.05) is 18.7 Å². The van der Waals surface area contributed by atoms with Crippen LogP contribution in [-0.2, 0) is 24.3 Å². The van der Waals surface area contributed by atoms with Gasteiger partial charge in [0.05, 0.1) is 24.9 Å². The Labute approximate surface area is 138 Å². The minimum atomic E-state index is -3.14. The molecule has 0 aromatic heterocycles. The zero-order valence-electron chi connectivity index (χ0n) is 14.1. The highest BCUT2D eigenvalue weighted by Gasteiger charge is 2.51. The van der Waals surface area contributed by atoms with Gasteiger partial charge < -0.3 is 14.4 Å². The lowest BCUT2D eigenvalue weighted by Crippen LogP contribution is -2.66. The Hall–Kier alpha value is -0.700. The van der Waals surface area contributed by atoms with E-state index in [1.165, 1.54) is 10.6 Å². The van der Waals surface area contributed by atoms with Crippen LogP contribution in [0.4, 0.5) is 0 Å². The quantitative estimate of drug-likeness (QED) is 0.717. The fourth-order valence-corrected chi connectivity index (χ4v) is 4.41. The molecule has 0 atom stereocenters. The van der Waals surface area contributed by atoms with Gasteiger partial charge in [0.1, 0.15) is 0 Å². The van der Waals surface area contributed by atoms with Crippen molar-refractivity contribution in [3.8, 4) is 0 Å². The number of carbonyl (C=O) groups excluding carboxylic acids is 1. The van der Waals surface area contributed by atoms with E-state index in [2.05, 4.69) is 0 Å². The summed E-state index contributed by atoms with van der Waals surface area (Å²) in [7, 11) is -3.14. The highest BCUT2D eigenvalue weighted by atomic mass is 32.2. The third-order valence-electron chi connectivity index (χ3n) is 5.09. The Balaban J connectivity index is 1.49. The lowest BCUT2D eigenvalue weighted by molar-refractivity contribution is -0.303. The van der Waals surface area contributed by atoms with Crippen molar-refractivity contribution in [2.75, 3.05) is 45.6 Å². The molecule has 3 fully saturated rings. The van der Waals surface area contributed by atoms with E-state index in [0.29, 0.717) is 52.2 Å². The van der Waals surface area contributed by atoms with E-state index in [1.54, 1.807) is 0 Å². The highest BCUT2D eigenvalue weighted by molar-refractivity contribution is 7.88. The van der Waals surface area contributed by atoms with Crippen molar-refractivity contribution in [1.82, 2.24) is 9.21 Å². The average Bonchev–Trinajstić information content (AvgIpc) is 2.44. The first-order valence-corrected chi connectivity index (χ1v) is 9.97. The molecule has 0 aromatic rings. The maximum absolute atomic E-state index is 12.6. The lowest BCUT2D eigenvalue weighted by Gasteiger charge is -2.54. The van der Waals surface area contributed by atoms with E-state index in [0.717, 1.165) is 0 Å². The fraction of sp³-hybridized carbons (Fsp3) is 0.933. The second-order valence-corrected chi connectivity index (χ2v) is 9.59. The van der Waals surface area contributed by atoms with E-state index in [9.17, 15) is 13.2 Å². The zero-order chi connectivity index (χ0) is 16.9. The normalized spacial score (nSPS) is 28.6. The number of carbonyl (C=O) groups is 1. The van der Waals surface area contributed by atoms with Gasteiger partial charge in [-0.2, -0.15) is 0 Å².